The topological polar surface area (TPSA) is 96.4 Å². The van der Waals surface area contributed by atoms with Gasteiger partial charge in [-0.1, -0.05) is 6.07 Å². The third-order valence-corrected chi connectivity index (χ3v) is 4.28. The fraction of sp³-hybridized carbons (Fsp3) is 0.235. The van der Waals surface area contributed by atoms with Crippen molar-refractivity contribution in [1.29, 1.82) is 0 Å². The van der Waals surface area contributed by atoms with Crippen LogP contribution in [0.2, 0.25) is 0 Å². The Labute approximate surface area is 146 Å². The molecule has 1 aliphatic heterocycles. The molecule has 5 rings (SSSR count). The van der Waals surface area contributed by atoms with Gasteiger partial charge in [-0.15, -0.1) is 10.2 Å². The molecule has 0 amide bonds. The van der Waals surface area contributed by atoms with E-state index < -0.39 is 0 Å². The predicted molar refractivity (Wildman–Crippen MR) is 91.5 cm³/mol. The number of rotatable bonds is 2. The quantitative estimate of drug-likeness (QED) is 0.533. The maximum Gasteiger partial charge on any atom is 0.280 e. The van der Waals surface area contributed by atoms with Crippen LogP contribution < -0.4 is 15.0 Å². The van der Waals surface area contributed by atoms with Crippen molar-refractivity contribution in [3.05, 3.63) is 52.7 Å². The van der Waals surface area contributed by atoms with E-state index in [9.17, 15) is 4.79 Å². The Kier molecular flexibility index (Phi) is 3.30. The highest BCUT2D eigenvalue weighted by molar-refractivity contribution is 5.74. The Balaban J connectivity index is 1.55. The molecule has 0 aliphatic carbocycles. The van der Waals surface area contributed by atoms with Crippen molar-refractivity contribution >= 4 is 16.8 Å². The largest absolute Gasteiger partial charge is 0.490 e. The molecule has 1 aliphatic rings. The number of aromatic nitrogens is 6. The van der Waals surface area contributed by atoms with E-state index in [1.807, 2.05) is 18.2 Å². The van der Waals surface area contributed by atoms with E-state index in [1.54, 1.807) is 16.8 Å². The van der Waals surface area contributed by atoms with Gasteiger partial charge in [0, 0.05) is 12.6 Å². The fourth-order valence-corrected chi connectivity index (χ4v) is 3.01. The van der Waals surface area contributed by atoms with Crippen molar-refractivity contribution in [1.82, 2.24) is 29.4 Å². The maximum atomic E-state index is 12.8. The van der Waals surface area contributed by atoms with Crippen molar-refractivity contribution in [2.24, 2.45) is 0 Å². The number of fused-ring (bicyclic) bond motifs is 4. The minimum absolute atomic E-state index is 0.237. The van der Waals surface area contributed by atoms with Crippen molar-refractivity contribution in [2.45, 2.75) is 13.0 Å². The zero-order valence-corrected chi connectivity index (χ0v) is 13.7. The first-order valence-corrected chi connectivity index (χ1v) is 8.24. The molecule has 4 aromatic rings. The average Bonchev–Trinajstić information content (AvgIpc) is 3.02. The Bertz CT molecular complexity index is 1180. The highest BCUT2D eigenvalue weighted by Crippen LogP contribution is 2.30. The molecule has 4 heterocycles. The summed E-state index contributed by atoms with van der Waals surface area (Å²) in [6.07, 6.45) is 3.95. The molecule has 26 heavy (non-hydrogen) atoms. The molecule has 0 N–H and O–H groups in total. The normalized spacial score (nSPS) is 13.8. The summed E-state index contributed by atoms with van der Waals surface area (Å²) in [5, 5.41) is 12.0. The van der Waals surface area contributed by atoms with Gasteiger partial charge in [0.05, 0.1) is 19.8 Å². The van der Waals surface area contributed by atoms with Crippen LogP contribution in [0.15, 0.2) is 41.6 Å². The van der Waals surface area contributed by atoms with E-state index in [0.29, 0.717) is 36.8 Å². The van der Waals surface area contributed by atoms with Gasteiger partial charge in [0.1, 0.15) is 11.8 Å². The van der Waals surface area contributed by atoms with Crippen LogP contribution in [0.25, 0.3) is 16.8 Å². The number of nitrogens with zero attached hydrogens (tertiary/aromatic N) is 6. The second kappa shape index (κ2) is 5.80. The summed E-state index contributed by atoms with van der Waals surface area (Å²) in [6.45, 7) is 1.66. The number of pyridine rings is 1. The first-order chi connectivity index (χ1) is 12.8. The molecule has 3 aromatic heterocycles. The molecule has 9 nitrogen and oxygen atoms in total. The van der Waals surface area contributed by atoms with E-state index in [-0.39, 0.29) is 11.1 Å². The Hall–Kier alpha value is -3.49. The molecule has 0 saturated heterocycles. The van der Waals surface area contributed by atoms with Crippen molar-refractivity contribution in [2.75, 3.05) is 13.2 Å². The minimum Gasteiger partial charge on any atom is -0.490 e. The van der Waals surface area contributed by atoms with E-state index in [0.717, 1.165) is 17.7 Å². The van der Waals surface area contributed by atoms with E-state index in [1.165, 1.54) is 10.8 Å². The molecule has 0 unspecified atom stereocenters. The lowest BCUT2D eigenvalue weighted by atomic mass is 10.2. The van der Waals surface area contributed by atoms with Crippen LogP contribution in [0.5, 0.6) is 11.5 Å². The third-order valence-electron chi connectivity index (χ3n) is 4.28. The monoisotopic (exact) mass is 350 g/mol. The summed E-state index contributed by atoms with van der Waals surface area (Å²) in [5.41, 5.74) is 1.53. The Morgan fingerprint density at radius 2 is 1.96 bits per heavy atom. The zero-order valence-electron chi connectivity index (χ0n) is 13.7. The molecular weight excluding hydrogens is 336 g/mol. The Morgan fingerprint density at radius 3 is 2.88 bits per heavy atom. The number of hydrogen-bond donors (Lipinski definition) is 0. The van der Waals surface area contributed by atoms with Crippen LogP contribution >= 0.6 is 0 Å². The second-order valence-corrected chi connectivity index (χ2v) is 5.99. The minimum atomic E-state index is -0.237. The van der Waals surface area contributed by atoms with Gasteiger partial charge in [-0.3, -0.25) is 4.79 Å². The Morgan fingerprint density at radius 1 is 1.08 bits per heavy atom. The lowest BCUT2D eigenvalue weighted by Gasteiger charge is -2.11. The molecule has 0 spiro atoms. The first kappa shape index (κ1) is 14.8. The number of benzene rings is 1. The summed E-state index contributed by atoms with van der Waals surface area (Å²) in [4.78, 5) is 16.8. The summed E-state index contributed by atoms with van der Waals surface area (Å²) >= 11 is 0. The number of hydrogen-bond acceptors (Lipinski definition) is 7. The molecule has 0 saturated carbocycles. The lowest BCUT2D eigenvalue weighted by molar-refractivity contribution is 0.297. The smallest absolute Gasteiger partial charge is 0.280 e. The molecule has 9 heteroatoms. The van der Waals surface area contributed by atoms with Crippen molar-refractivity contribution in [3.8, 4) is 11.5 Å². The molecule has 0 atom stereocenters. The summed E-state index contributed by atoms with van der Waals surface area (Å²) in [5.74, 6) is 1.80. The van der Waals surface area contributed by atoms with Crippen LogP contribution in [0.3, 0.4) is 0 Å². The van der Waals surface area contributed by atoms with Crippen LogP contribution in [0.4, 0.5) is 0 Å². The van der Waals surface area contributed by atoms with Gasteiger partial charge in [0.15, 0.2) is 17.0 Å². The van der Waals surface area contributed by atoms with Gasteiger partial charge in [-0.25, -0.2) is 0 Å². The zero-order chi connectivity index (χ0) is 17.5. The number of ether oxygens (including phenoxy) is 2. The van der Waals surface area contributed by atoms with E-state index in [4.69, 9.17) is 9.47 Å². The van der Waals surface area contributed by atoms with E-state index in [2.05, 4.69) is 20.3 Å². The molecule has 0 bridgehead atoms. The summed E-state index contributed by atoms with van der Waals surface area (Å²) < 4.78 is 14.4. The fourth-order valence-electron chi connectivity index (χ4n) is 3.01. The maximum absolute atomic E-state index is 12.8. The standard InChI is InChI=1S/C17H14N6O3/c24-16-15-12(23-17(21-20-15)18-10-19-23)4-5-22(16)9-11-2-3-13-14(8-11)26-7-1-6-25-13/h2-5,8,10H,1,6-7,9H2. The van der Waals surface area contributed by atoms with Gasteiger partial charge < -0.3 is 14.0 Å². The molecule has 0 fully saturated rings. The highest BCUT2D eigenvalue weighted by Gasteiger charge is 2.13. The van der Waals surface area contributed by atoms with Gasteiger partial charge in [-0.05, 0) is 23.8 Å². The molecule has 130 valence electrons. The second-order valence-electron chi connectivity index (χ2n) is 5.99. The van der Waals surface area contributed by atoms with Gasteiger partial charge in [0.25, 0.3) is 11.3 Å². The van der Waals surface area contributed by atoms with Crippen LogP contribution in [0, 0.1) is 0 Å². The van der Waals surface area contributed by atoms with E-state index >= 15 is 0 Å². The van der Waals surface area contributed by atoms with Crippen molar-refractivity contribution in [3.63, 3.8) is 0 Å². The van der Waals surface area contributed by atoms with Gasteiger partial charge in [0.2, 0.25) is 0 Å². The third kappa shape index (κ3) is 2.36. The lowest BCUT2D eigenvalue weighted by Crippen LogP contribution is -2.22. The first-order valence-electron chi connectivity index (χ1n) is 8.24. The summed E-state index contributed by atoms with van der Waals surface area (Å²) in [7, 11) is 0. The molecular formula is C17H14N6O3. The predicted octanol–water partition coefficient (Wildman–Crippen LogP) is 1.04. The van der Waals surface area contributed by atoms with Gasteiger partial charge >= 0.3 is 0 Å². The SMILES string of the molecule is O=c1c2nnc3ncnn3c2ccn1Cc1ccc2c(c1)OCCCO2. The molecule has 1 aromatic carbocycles. The van der Waals surface area contributed by atoms with Crippen LogP contribution in [-0.2, 0) is 6.54 Å². The van der Waals surface area contributed by atoms with Crippen LogP contribution in [0.1, 0.15) is 12.0 Å². The van der Waals surface area contributed by atoms with Crippen molar-refractivity contribution < 1.29 is 9.47 Å². The average molecular weight is 350 g/mol. The van der Waals surface area contributed by atoms with Gasteiger partial charge in [-0.2, -0.15) is 14.6 Å². The summed E-state index contributed by atoms with van der Waals surface area (Å²) in [6, 6.07) is 7.50. The highest BCUT2D eigenvalue weighted by atomic mass is 16.5. The molecule has 0 radical (unpaired) electrons. The van der Waals surface area contributed by atoms with Crippen LogP contribution in [-0.4, -0.2) is 42.6 Å².